The zero-order chi connectivity index (χ0) is 18.4. The van der Waals surface area contributed by atoms with Gasteiger partial charge in [-0.1, -0.05) is 49.7 Å². The molecule has 0 fully saturated rings. The summed E-state index contributed by atoms with van der Waals surface area (Å²) in [6.45, 7) is 2.18. The Labute approximate surface area is 154 Å². The van der Waals surface area contributed by atoms with Gasteiger partial charge in [0.25, 0.3) is 0 Å². The van der Waals surface area contributed by atoms with E-state index in [0.717, 1.165) is 24.0 Å². The van der Waals surface area contributed by atoms with Crippen LogP contribution in [0.2, 0.25) is 0 Å². The molecule has 0 radical (unpaired) electrons. The minimum atomic E-state index is -0.385. The summed E-state index contributed by atoms with van der Waals surface area (Å²) in [6.07, 6.45) is 2.24. The van der Waals surface area contributed by atoms with Crippen LogP contribution in [0.3, 0.4) is 0 Å². The highest BCUT2D eigenvalue weighted by Crippen LogP contribution is 2.24. The van der Waals surface area contributed by atoms with Crippen molar-refractivity contribution in [3.63, 3.8) is 0 Å². The van der Waals surface area contributed by atoms with Crippen molar-refractivity contribution in [2.75, 3.05) is 7.11 Å². The molecule has 0 aliphatic rings. The molecule has 3 aromatic carbocycles. The Bertz CT molecular complexity index is 847. The van der Waals surface area contributed by atoms with Crippen molar-refractivity contribution >= 4 is 5.97 Å². The summed E-state index contributed by atoms with van der Waals surface area (Å²) < 4.78 is 10.5. The molecule has 0 heterocycles. The SMILES string of the molecule is CCCc1ccc(-c2ccc(OC(=O)c3ccc(OC)cc3)cc2)cc1. The second kappa shape index (κ2) is 8.34. The van der Waals surface area contributed by atoms with Gasteiger partial charge in [0.15, 0.2) is 0 Å². The average molecular weight is 346 g/mol. The topological polar surface area (TPSA) is 35.5 Å². The quantitative estimate of drug-likeness (QED) is 0.434. The van der Waals surface area contributed by atoms with Gasteiger partial charge in [-0.3, -0.25) is 0 Å². The van der Waals surface area contributed by atoms with Crippen molar-refractivity contribution < 1.29 is 14.3 Å². The molecule has 0 amide bonds. The van der Waals surface area contributed by atoms with Crippen LogP contribution >= 0.6 is 0 Å². The molecular weight excluding hydrogens is 324 g/mol. The summed E-state index contributed by atoms with van der Waals surface area (Å²) in [5.74, 6) is 0.845. The van der Waals surface area contributed by atoms with E-state index in [4.69, 9.17) is 9.47 Å². The van der Waals surface area contributed by atoms with Gasteiger partial charge in [-0.25, -0.2) is 4.79 Å². The summed E-state index contributed by atoms with van der Waals surface area (Å²) in [5.41, 5.74) is 4.08. The summed E-state index contributed by atoms with van der Waals surface area (Å²) in [7, 11) is 1.59. The molecule has 3 rings (SSSR count). The standard InChI is InChI=1S/C23H22O3/c1-3-4-17-5-7-18(8-6-17)19-9-15-22(16-10-19)26-23(24)20-11-13-21(25-2)14-12-20/h5-16H,3-4H2,1-2H3. The molecule has 132 valence electrons. The summed E-state index contributed by atoms with van der Waals surface area (Å²) in [6, 6.07) is 23.0. The molecule has 0 saturated heterocycles. The molecule has 0 aliphatic heterocycles. The molecule has 3 nitrogen and oxygen atoms in total. The number of benzene rings is 3. The molecule has 3 heteroatoms. The van der Waals surface area contributed by atoms with Crippen LogP contribution in [0.25, 0.3) is 11.1 Å². The van der Waals surface area contributed by atoms with E-state index in [1.54, 1.807) is 31.4 Å². The van der Waals surface area contributed by atoms with Gasteiger partial charge >= 0.3 is 5.97 Å². The van der Waals surface area contributed by atoms with Crippen LogP contribution < -0.4 is 9.47 Å². The van der Waals surface area contributed by atoms with Crippen LogP contribution in [0.4, 0.5) is 0 Å². The molecule has 0 N–H and O–H groups in total. The third kappa shape index (κ3) is 4.31. The third-order valence-electron chi connectivity index (χ3n) is 4.22. The molecular formula is C23H22O3. The number of esters is 1. The molecule has 0 aromatic heterocycles. The Kier molecular flexibility index (Phi) is 5.69. The predicted octanol–water partition coefficient (Wildman–Crippen LogP) is 5.53. The maximum Gasteiger partial charge on any atom is 0.343 e. The van der Waals surface area contributed by atoms with Gasteiger partial charge < -0.3 is 9.47 Å². The Morgan fingerprint density at radius 2 is 1.31 bits per heavy atom. The number of ether oxygens (including phenoxy) is 2. The minimum Gasteiger partial charge on any atom is -0.497 e. The van der Waals surface area contributed by atoms with E-state index >= 15 is 0 Å². The number of carbonyl (C=O) groups excluding carboxylic acids is 1. The zero-order valence-corrected chi connectivity index (χ0v) is 15.1. The van der Waals surface area contributed by atoms with Crippen LogP contribution in [0.1, 0.15) is 29.3 Å². The molecule has 0 saturated carbocycles. The van der Waals surface area contributed by atoms with Crippen molar-refractivity contribution in [2.45, 2.75) is 19.8 Å². The second-order valence-corrected chi connectivity index (χ2v) is 6.09. The smallest absolute Gasteiger partial charge is 0.343 e. The predicted molar refractivity (Wildman–Crippen MR) is 104 cm³/mol. The van der Waals surface area contributed by atoms with E-state index < -0.39 is 0 Å². The first-order chi connectivity index (χ1) is 12.7. The average Bonchev–Trinajstić information content (AvgIpc) is 2.69. The minimum absolute atomic E-state index is 0.385. The number of methoxy groups -OCH3 is 1. The largest absolute Gasteiger partial charge is 0.497 e. The highest BCUT2D eigenvalue weighted by molar-refractivity contribution is 5.91. The summed E-state index contributed by atoms with van der Waals surface area (Å²) in [5, 5.41) is 0. The fourth-order valence-corrected chi connectivity index (χ4v) is 2.76. The lowest BCUT2D eigenvalue weighted by Crippen LogP contribution is -2.08. The molecule has 3 aromatic rings. The van der Waals surface area contributed by atoms with Crippen LogP contribution in [-0.2, 0) is 6.42 Å². The molecule has 0 unspecified atom stereocenters. The van der Waals surface area contributed by atoms with Crippen molar-refractivity contribution in [1.29, 1.82) is 0 Å². The van der Waals surface area contributed by atoms with Gasteiger partial charge in [-0.2, -0.15) is 0 Å². The van der Waals surface area contributed by atoms with Gasteiger partial charge in [0.2, 0.25) is 0 Å². The first-order valence-electron chi connectivity index (χ1n) is 8.75. The zero-order valence-electron chi connectivity index (χ0n) is 15.1. The summed E-state index contributed by atoms with van der Waals surface area (Å²) >= 11 is 0. The first-order valence-corrected chi connectivity index (χ1v) is 8.75. The third-order valence-corrected chi connectivity index (χ3v) is 4.22. The van der Waals surface area contributed by atoms with Crippen molar-refractivity contribution in [1.82, 2.24) is 0 Å². The number of hydrogen-bond donors (Lipinski definition) is 0. The Hall–Kier alpha value is -3.07. The second-order valence-electron chi connectivity index (χ2n) is 6.09. The lowest BCUT2D eigenvalue weighted by atomic mass is 10.0. The molecule has 0 aliphatic carbocycles. The van der Waals surface area contributed by atoms with Gasteiger partial charge in [-0.15, -0.1) is 0 Å². The number of hydrogen-bond acceptors (Lipinski definition) is 3. The van der Waals surface area contributed by atoms with Gasteiger partial charge in [0, 0.05) is 0 Å². The highest BCUT2D eigenvalue weighted by atomic mass is 16.5. The number of aryl methyl sites for hydroxylation is 1. The van der Waals surface area contributed by atoms with E-state index in [1.165, 1.54) is 5.56 Å². The van der Waals surface area contributed by atoms with Crippen LogP contribution in [0.5, 0.6) is 11.5 Å². The highest BCUT2D eigenvalue weighted by Gasteiger charge is 2.09. The van der Waals surface area contributed by atoms with E-state index in [1.807, 2.05) is 24.3 Å². The maximum atomic E-state index is 12.2. The Morgan fingerprint density at radius 1 is 0.769 bits per heavy atom. The fraction of sp³-hybridized carbons (Fsp3) is 0.174. The number of carbonyl (C=O) groups is 1. The van der Waals surface area contributed by atoms with E-state index in [-0.39, 0.29) is 5.97 Å². The van der Waals surface area contributed by atoms with Crippen molar-refractivity contribution in [3.8, 4) is 22.6 Å². The first kappa shape index (κ1) is 17.7. The van der Waals surface area contributed by atoms with Crippen molar-refractivity contribution in [2.24, 2.45) is 0 Å². The maximum absolute atomic E-state index is 12.2. The lowest BCUT2D eigenvalue weighted by molar-refractivity contribution is 0.0735. The molecule has 26 heavy (non-hydrogen) atoms. The van der Waals surface area contributed by atoms with Crippen LogP contribution in [-0.4, -0.2) is 13.1 Å². The van der Waals surface area contributed by atoms with Crippen LogP contribution in [0.15, 0.2) is 72.8 Å². The van der Waals surface area contributed by atoms with E-state index in [2.05, 4.69) is 31.2 Å². The monoisotopic (exact) mass is 346 g/mol. The van der Waals surface area contributed by atoms with Crippen LogP contribution in [0, 0.1) is 0 Å². The van der Waals surface area contributed by atoms with E-state index in [9.17, 15) is 4.79 Å². The number of rotatable bonds is 6. The molecule has 0 bridgehead atoms. The Morgan fingerprint density at radius 3 is 1.85 bits per heavy atom. The molecule has 0 spiro atoms. The van der Waals surface area contributed by atoms with E-state index in [0.29, 0.717) is 17.1 Å². The van der Waals surface area contributed by atoms with Gasteiger partial charge in [0.1, 0.15) is 11.5 Å². The fourth-order valence-electron chi connectivity index (χ4n) is 2.76. The van der Waals surface area contributed by atoms with Crippen molar-refractivity contribution in [3.05, 3.63) is 83.9 Å². The lowest BCUT2D eigenvalue weighted by Gasteiger charge is -2.07. The summed E-state index contributed by atoms with van der Waals surface area (Å²) in [4.78, 5) is 12.2. The van der Waals surface area contributed by atoms with Gasteiger partial charge in [0.05, 0.1) is 12.7 Å². The van der Waals surface area contributed by atoms with Gasteiger partial charge in [-0.05, 0) is 59.5 Å². The Balaban J connectivity index is 1.67. The normalized spacial score (nSPS) is 10.4. The molecule has 0 atom stereocenters.